The van der Waals surface area contributed by atoms with E-state index in [-0.39, 0.29) is 11.9 Å². The fraction of sp³-hybridized carbons (Fsp3) is 0.700. The van der Waals surface area contributed by atoms with Gasteiger partial charge in [-0.1, -0.05) is 12.1 Å². The van der Waals surface area contributed by atoms with Crippen LogP contribution in [0.3, 0.4) is 0 Å². The van der Waals surface area contributed by atoms with Crippen molar-refractivity contribution in [1.82, 2.24) is 9.80 Å². The minimum Gasteiger partial charge on any atom is -0.392 e. The number of benzene rings is 1. The van der Waals surface area contributed by atoms with Gasteiger partial charge in [0.05, 0.1) is 17.4 Å². The molecule has 1 aromatic rings. The molecule has 0 spiro atoms. The number of piperidine rings is 1. The molecule has 3 aliphatic heterocycles. The first-order valence-corrected chi connectivity index (χ1v) is 9.81. The van der Waals surface area contributed by atoms with Crippen LogP contribution in [-0.4, -0.2) is 83.1 Å². The summed E-state index contributed by atoms with van der Waals surface area (Å²) in [6.07, 6.45) is 1.94. The molecule has 0 bridgehead atoms. The average molecular weight is 363 g/mol. The van der Waals surface area contributed by atoms with Crippen molar-refractivity contribution >= 4 is 5.69 Å². The molecule has 3 heterocycles. The van der Waals surface area contributed by atoms with E-state index in [4.69, 9.17) is 0 Å². The minimum absolute atomic E-state index is 0.192. The van der Waals surface area contributed by atoms with Gasteiger partial charge in [-0.25, -0.2) is 4.39 Å². The molecule has 0 amide bonds. The van der Waals surface area contributed by atoms with Crippen LogP contribution in [0.2, 0.25) is 0 Å². The summed E-state index contributed by atoms with van der Waals surface area (Å²) in [6.45, 7) is 6.88. The van der Waals surface area contributed by atoms with Crippen LogP contribution in [0.4, 0.5) is 10.1 Å². The smallest absolute Gasteiger partial charge is 0.146 e. The number of nitrogens with zero attached hydrogens (tertiary/aromatic N) is 3. The van der Waals surface area contributed by atoms with Crippen molar-refractivity contribution in [1.29, 1.82) is 0 Å². The van der Waals surface area contributed by atoms with Gasteiger partial charge in [-0.05, 0) is 38.3 Å². The number of piperazine rings is 1. The van der Waals surface area contributed by atoms with Gasteiger partial charge >= 0.3 is 0 Å². The molecule has 1 unspecified atom stereocenters. The zero-order valence-electron chi connectivity index (χ0n) is 15.5. The van der Waals surface area contributed by atoms with Crippen LogP contribution >= 0.6 is 0 Å². The maximum atomic E-state index is 14.0. The van der Waals surface area contributed by atoms with Crippen LogP contribution in [0.1, 0.15) is 26.2 Å². The lowest BCUT2D eigenvalue weighted by atomic mass is 9.89. The monoisotopic (exact) mass is 363 g/mol. The van der Waals surface area contributed by atoms with Gasteiger partial charge in [0.25, 0.3) is 0 Å². The molecule has 2 N–H and O–H groups in total. The Kier molecular flexibility index (Phi) is 4.94. The molecule has 4 rings (SSSR count). The van der Waals surface area contributed by atoms with Gasteiger partial charge in [-0.3, -0.25) is 9.80 Å². The van der Waals surface area contributed by atoms with Gasteiger partial charge in [-0.2, -0.15) is 0 Å². The van der Waals surface area contributed by atoms with E-state index in [0.717, 1.165) is 26.1 Å². The first-order valence-electron chi connectivity index (χ1n) is 9.81. The molecule has 3 aliphatic rings. The van der Waals surface area contributed by atoms with Crippen molar-refractivity contribution in [3.63, 3.8) is 0 Å². The Balaban J connectivity index is 1.36. The fourth-order valence-electron chi connectivity index (χ4n) is 4.91. The van der Waals surface area contributed by atoms with E-state index in [9.17, 15) is 14.6 Å². The molecule has 26 heavy (non-hydrogen) atoms. The van der Waals surface area contributed by atoms with Gasteiger partial charge in [-0.15, -0.1) is 0 Å². The van der Waals surface area contributed by atoms with Crippen LogP contribution in [0.15, 0.2) is 24.3 Å². The highest BCUT2D eigenvalue weighted by molar-refractivity contribution is 5.48. The maximum absolute atomic E-state index is 14.0. The average Bonchev–Trinajstić information content (AvgIpc) is 2.95. The lowest BCUT2D eigenvalue weighted by Crippen LogP contribution is -2.60. The number of β-amino-alcohol motifs (C(OH)–C–C–N with tert-alkyl or cyclic N) is 1. The number of aliphatic hydroxyl groups is 2. The highest BCUT2D eigenvalue weighted by atomic mass is 19.1. The summed E-state index contributed by atoms with van der Waals surface area (Å²) in [6, 6.07) is 7.66. The van der Waals surface area contributed by atoms with Gasteiger partial charge in [0.2, 0.25) is 0 Å². The number of halogens is 1. The summed E-state index contributed by atoms with van der Waals surface area (Å²) in [5.74, 6) is -0.192. The number of anilines is 1. The third-order valence-corrected chi connectivity index (χ3v) is 6.46. The first-order chi connectivity index (χ1) is 12.4. The summed E-state index contributed by atoms with van der Waals surface area (Å²) >= 11 is 0. The fourth-order valence-corrected chi connectivity index (χ4v) is 4.91. The van der Waals surface area contributed by atoms with Crippen molar-refractivity contribution in [2.24, 2.45) is 0 Å². The van der Waals surface area contributed by atoms with Crippen LogP contribution in [0.5, 0.6) is 0 Å². The van der Waals surface area contributed by atoms with E-state index in [1.54, 1.807) is 6.07 Å². The topological polar surface area (TPSA) is 50.2 Å². The van der Waals surface area contributed by atoms with Gasteiger partial charge < -0.3 is 15.1 Å². The van der Waals surface area contributed by atoms with Crippen molar-refractivity contribution in [2.45, 2.75) is 50.0 Å². The summed E-state index contributed by atoms with van der Waals surface area (Å²) in [5.41, 5.74) is -0.0773. The third kappa shape index (κ3) is 3.60. The summed E-state index contributed by atoms with van der Waals surface area (Å²) in [5, 5.41) is 21.1. The highest BCUT2D eigenvalue weighted by Crippen LogP contribution is 2.31. The second kappa shape index (κ2) is 7.08. The van der Waals surface area contributed by atoms with Gasteiger partial charge in [0, 0.05) is 51.4 Å². The lowest BCUT2D eigenvalue weighted by molar-refractivity contribution is -0.0472. The van der Waals surface area contributed by atoms with E-state index in [2.05, 4.69) is 16.7 Å². The number of aliphatic hydroxyl groups excluding tert-OH is 1. The number of hydrogen-bond acceptors (Lipinski definition) is 5. The van der Waals surface area contributed by atoms with Crippen molar-refractivity contribution in [3.05, 3.63) is 30.1 Å². The number of hydrogen-bond donors (Lipinski definition) is 2. The van der Waals surface area contributed by atoms with E-state index < -0.39 is 5.60 Å². The molecule has 0 aliphatic carbocycles. The molecule has 0 aromatic heterocycles. The molecule has 0 saturated carbocycles. The van der Waals surface area contributed by atoms with Crippen LogP contribution in [0, 0.1) is 5.82 Å². The Morgan fingerprint density at radius 1 is 1.15 bits per heavy atom. The number of fused-ring (bicyclic) bond motifs is 1. The summed E-state index contributed by atoms with van der Waals surface area (Å²) < 4.78 is 14.0. The molecule has 1 aromatic carbocycles. The Morgan fingerprint density at radius 3 is 2.62 bits per heavy atom. The molecule has 0 radical (unpaired) electrons. The lowest BCUT2D eigenvalue weighted by Gasteiger charge is -2.47. The predicted molar refractivity (Wildman–Crippen MR) is 99.8 cm³/mol. The second-order valence-corrected chi connectivity index (χ2v) is 8.44. The zero-order chi connectivity index (χ0) is 18.3. The van der Waals surface area contributed by atoms with Crippen molar-refractivity contribution in [3.8, 4) is 0 Å². The normalized spacial score (nSPS) is 32.6. The SMILES string of the molecule is C[C@H]1CN2C[C@H](O)CC2CN1CC1(O)CCN(c2ccccc2F)CC1. The summed E-state index contributed by atoms with van der Waals surface area (Å²) in [4.78, 5) is 6.81. The molecular formula is C20H30FN3O2. The van der Waals surface area contributed by atoms with E-state index in [1.165, 1.54) is 6.07 Å². The Hall–Kier alpha value is -1.21. The Bertz CT molecular complexity index is 635. The summed E-state index contributed by atoms with van der Waals surface area (Å²) in [7, 11) is 0. The number of rotatable bonds is 3. The van der Waals surface area contributed by atoms with E-state index >= 15 is 0 Å². The van der Waals surface area contributed by atoms with Crippen molar-refractivity contribution in [2.75, 3.05) is 44.2 Å². The predicted octanol–water partition coefficient (Wildman–Crippen LogP) is 1.30. The quantitative estimate of drug-likeness (QED) is 0.848. The number of para-hydroxylation sites is 1. The molecule has 144 valence electrons. The van der Waals surface area contributed by atoms with Crippen molar-refractivity contribution < 1.29 is 14.6 Å². The van der Waals surface area contributed by atoms with Gasteiger partial charge in [0.1, 0.15) is 5.82 Å². The highest BCUT2D eigenvalue weighted by Gasteiger charge is 2.42. The minimum atomic E-state index is -0.713. The molecule has 3 fully saturated rings. The molecule has 6 heteroatoms. The standard InChI is InChI=1S/C20H30FN3O2/c1-15-11-23-13-17(25)10-16(23)12-24(15)14-20(26)6-8-22(9-7-20)19-5-3-2-4-18(19)21/h2-5,15-17,25-26H,6-14H2,1H3/t15-,16?,17+/m0/s1. The molecular weight excluding hydrogens is 333 g/mol. The van der Waals surface area contributed by atoms with Crippen LogP contribution < -0.4 is 4.90 Å². The zero-order valence-corrected chi connectivity index (χ0v) is 15.5. The first kappa shape index (κ1) is 18.2. The Labute approximate surface area is 155 Å². The van der Waals surface area contributed by atoms with E-state index in [1.807, 2.05) is 17.0 Å². The molecule has 3 atom stereocenters. The Morgan fingerprint density at radius 2 is 1.88 bits per heavy atom. The van der Waals surface area contributed by atoms with Crippen LogP contribution in [0.25, 0.3) is 0 Å². The third-order valence-electron chi connectivity index (χ3n) is 6.46. The van der Waals surface area contributed by atoms with E-state index in [0.29, 0.717) is 50.2 Å². The largest absolute Gasteiger partial charge is 0.392 e. The second-order valence-electron chi connectivity index (χ2n) is 8.44. The maximum Gasteiger partial charge on any atom is 0.146 e. The van der Waals surface area contributed by atoms with Crippen LogP contribution in [-0.2, 0) is 0 Å². The van der Waals surface area contributed by atoms with Gasteiger partial charge in [0.15, 0.2) is 0 Å². The molecule has 3 saturated heterocycles. The molecule has 5 nitrogen and oxygen atoms in total.